The molecule has 3 aromatic rings. The van der Waals surface area contributed by atoms with Crippen molar-refractivity contribution in [2.45, 2.75) is 18.7 Å². The second-order valence-corrected chi connectivity index (χ2v) is 4.68. The van der Waals surface area contributed by atoms with Crippen LogP contribution in [-0.4, -0.2) is 34.6 Å². The lowest BCUT2D eigenvalue weighted by Crippen LogP contribution is -2.23. The van der Waals surface area contributed by atoms with Gasteiger partial charge in [-0.2, -0.15) is 10.2 Å². The molecular formula is C13H12F2N6O. The van der Waals surface area contributed by atoms with E-state index in [1.807, 2.05) is 0 Å². The summed E-state index contributed by atoms with van der Waals surface area (Å²) in [6.07, 6.45) is 4.17. The highest BCUT2D eigenvalue weighted by Gasteiger charge is 2.27. The number of hydrogen-bond donors (Lipinski definition) is 1. The highest BCUT2D eigenvalue weighted by molar-refractivity contribution is 5.23. The topological polar surface area (TPSA) is 81.6 Å². The lowest BCUT2D eigenvalue weighted by molar-refractivity contribution is 0.0519. The predicted octanol–water partition coefficient (Wildman–Crippen LogP) is 1.12. The molecule has 114 valence electrons. The summed E-state index contributed by atoms with van der Waals surface area (Å²) >= 11 is 0. The van der Waals surface area contributed by atoms with Gasteiger partial charge in [0.1, 0.15) is 36.9 Å². The lowest BCUT2D eigenvalue weighted by Gasteiger charge is -2.23. The van der Waals surface area contributed by atoms with Crippen LogP contribution in [0.4, 0.5) is 8.78 Å². The largest absolute Gasteiger partial charge is 0.371 e. The van der Waals surface area contributed by atoms with Crippen LogP contribution in [0.15, 0.2) is 43.5 Å². The Morgan fingerprint density at radius 1 is 1.09 bits per heavy atom. The normalized spacial score (nSPS) is 14.0. The molecule has 0 fully saturated rings. The molecule has 2 unspecified atom stereocenters. The fourth-order valence-electron chi connectivity index (χ4n) is 2.22. The van der Waals surface area contributed by atoms with E-state index in [2.05, 4.69) is 20.2 Å². The zero-order valence-corrected chi connectivity index (χ0v) is 11.3. The van der Waals surface area contributed by atoms with E-state index in [0.29, 0.717) is 0 Å². The van der Waals surface area contributed by atoms with Crippen LogP contribution in [0.3, 0.4) is 0 Å². The maximum atomic E-state index is 14.1. The van der Waals surface area contributed by atoms with Crippen molar-refractivity contribution in [3.8, 4) is 0 Å². The molecular weight excluding hydrogens is 294 g/mol. The number of nitrogens with zero attached hydrogens (tertiary/aromatic N) is 6. The van der Waals surface area contributed by atoms with Gasteiger partial charge in [0, 0.05) is 6.07 Å². The van der Waals surface area contributed by atoms with Crippen LogP contribution in [0.25, 0.3) is 0 Å². The highest BCUT2D eigenvalue weighted by atomic mass is 19.1. The van der Waals surface area contributed by atoms with E-state index < -0.39 is 23.8 Å². The SMILES string of the molecule is OC(C(Cn1cncn1)c1ccc(F)cc1F)n1cncn1. The molecule has 1 aromatic carbocycles. The van der Waals surface area contributed by atoms with E-state index in [9.17, 15) is 13.9 Å². The molecule has 2 atom stereocenters. The van der Waals surface area contributed by atoms with Gasteiger partial charge in [-0.05, 0) is 11.6 Å². The molecule has 0 radical (unpaired) electrons. The summed E-state index contributed by atoms with van der Waals surface area (Å²) < 4.78 is 29.8. The van der Waals surface area contributed by atoms with Crippen molar-refractivity contribution in [3.63, 3.8) is 0 Å². The third kappa shape index (κ3) is 2.84. The van der Waals surface area contributed by atoms with E-state index >= 15 is 0 Å². The van der Waals surface area contributed by atoms with Crippen LogP contribution in [0.5, 0.6) is 0 Å². The highest BCUT2D eigenvalue weighted by Crippen LogP contribution is 2.30. The van der Waals surface area contributed by atoms with Crippen molar-refractivity contribution in [2.75, 3.05) is 0 Å². The molecule has 0 aliphatic rings. The first-order valence-corrected chi connectivity index (χ1v) is 6.44. The Kier molecular flexibility index (Phi) is 3.88. The summed E-state index contributed by atoms with van der Waals surface area (Å²) in [4.78, 5) is 7.57. The molecule has 9 heteroatoms. The Balaban J connectivity index is 1.98. The standard InChI is InChI=1S/C13H12F2N6O/c14-9-1-2-10(12(15)3-9)11(4-20-7-16-5-18-20)13(22)21-8-17-6-19-21/h1-3,5-8,11,13,22H,4H2. The molecule has 22 heavy (non-hydrogen) atoms. The van der Waals surface area contributed by atoms with E-state index in [1.165, 1.54) is 40.7 Å². The number of hydrogen-bond acceptors (Lipinski definition) is 5. The van der Waals surface area contributed by atoms with Gasteiger partial charge in [0.05, 0.1) is 12.5 Å². The first kappa shape index (κ1) is 14.3. The number of rotatable bonds is 5. The molecule has 0 aliphatic carbocycles. The maximum Gasteiger partial charge on any atom is 0.157 e. The quantitative estimate of drug-likeness (QED) is 0.764. The average Bonchev–Trinajstić information content (AvgIpc) is 3.18. The first-order valence-electron chi connectivity index (χ1n) is 6.44. The van der Waals surface area contributed by atoms with Gasteiger partial charge >= 0.3 is 0 Å². The Hall–Kier alpha value is -2.68. The number of aromatic nitrogens is 6. The molecule has 2 aromatic heterocycles. The smallest absolute Gasteiger partial charge is 0.157 e. The summed E-state index contributed by atoms with van der Waals surface area (Å²) in [5, 5.41) is 18.3. The van der Waals surface area contributed by atoms with Crippen LogP contribution in [-0.2, 0) is 6.54 Å². The predicted molar refractivity (Wildman–Crippen MR) is 70.4 cm³/mol. The number of benzene rings is 1. The third-order valence-corrected chi connectivity index (χ3v) is 3.28. The number of halogens is 2. The maximum absolute atomic E-state index is 14.1. The second-order valence-electron chi connectivity index (χ2n) is 4.68. The monoisotopic (exact) mass is 306 g/mol. The van der Waals surface area contributed by atoms with Crippen molar-refractivity contribution >= 4 is 0 Å². The molecule has 2 heterocycles. The minimum atomic E-state index is -1.19. The van der Waals surface area contributed by atoms with Crippen LogP contribution < -0.4 is 0 Å². The van der Waals surface area contributed by atoms with Gasteiger partial charge in [-0.25, -0.2) is 23.4 Å². The number of aliphatic hydroxyl groups is 1. The van der Waals surface area contributed by atoms with E-state index in [0.717, 1.165) is 12.1 Å². The Morgan fingerprint density at radius 3 is 2.50 bits per heavy atom. The minimum absolute atomic E-state index is 0.142. The van der Waals surface area contributed by atoms with Crippen molar-refractivity contribution in [3.05, 3.63) is 60.7 Å². The summed E-state index contributed by atoms with van der Waals surface area (Å²) in [6, 6.07) is 3.21. The first-order chi connectivity index (χ1) is 10.6. The van der Waals surface area contributed by atoms with Crippen molar-refractivity contribution in [2.24, 2.45) is 0 Å². The molecule has 0 aliphatic heterocycles. The molecule has 0 saturated heterocycles. The van der Waals surface area contributed by atoms with Gasteiger partial charge in [-0.15, -0.1) is 0 Å². The fraction of sp³-hybridized carbons (Fsp3) is 0.231. The zero-order valence-electron chi connectivity index (χ0n) is 11.3. The Morgan fingerprint density at radius 2 is 1.86 bits per heavy atom. The van der Waals surface area contributed by atoms with Crippen molar-refractivity contribution < 1.29 is 13.9 Å². The molecule has 3 rings (SSSR count). The summed E-state index contributed by atoms with van der Waals surface area (Å²) in [5.74, 6) is -2.18. The van der Waals surface area contributed by atoms with E-state index in [4.69, 9.17) is 0 Å². The van der Waals surface area contributed by atoms with Gasteiger partial charge in [0.25, 0.3) is 0 Å². The second kappa shape index (κ2) is 5.98. The summed E-state index contributed by atoms with van der Waals surface area (Å²) in [6.45, 7) is 0.142. The van der Waals surface area contributed by atoms with Crippen molar-refractivity contribution in [1.29, 1.82) is 0 Å². The van der Waals surface area contributed by atoms with Gasteiger partial charge < -0.3 is 5.11 Å². The van der Waals surface area contributed by atoms with Gasteiger partial charge in [0.15, 0.2) is 6.23 Å². The van der Waals surface area contributed by atoms with E-state index in [-0.39, 0.29) is 12.1 Å². The Bertz CT molecular complexity index is 731. The van der Waals surface area contributed by atoms with Crippen molar-refractivity contribution in [1.82, 2.24) is 29.5 Å². The minimum Gasteiger partial charge on any atom is -0.371 e. The van der Waals surface area contributed by atoms with Crippen LogP contribution in [0.1, 0.15) is 17.7 Å². The molecule has 0 amide bonds. The zero-order chi connectivity index (χ0) is 15.5. The number of aliphatic hydroxyl groups excluding tert-OH is 1. The van der Waals surface area contributed by atoms with Gasteiger partial charge in [0.2, 0.25) is 0 Å². The van der Waals surface area contributed by atoms with Gasteiger partial charge in [-0.1, -0.05) is 6.07 Å². The fourth-order valence-corrected chi connectivity index (χ4v) is 2.22. The summed E-state index contributed by atoms with van der Waals surface area (Å²) in [5.41, 5.74) is 0.153. The molecule has 0 saturated carbocycles. The van der Waals surface area contributed by atoms with Crippen LogP contribution in [0.2, 0.25) is 0 Å². The van der Waals surface area contributed by atoms with Gasteiger partial charge in [-0.3, -0.25) is 4.68 Å². The lowest BCUT2D eigenvalue weighted by atomic mass is 9.96. The van der Waals surface area contributed by atoms with Crippen LogP contribution >= 0.6 is 0 Å². The van der Waals surface area contributed by atoms with Crippen LogP contribution in [0, 0.1) is 11.6 Å². The molecule has 7 nitrogen and oxygen atoms in total. The average molecular weight is 306 g/mol. The molecule has 0 spiro atoms. The Labute approximate surface area is 123 Å². The third-order valence-electron chi connectivity index (χ3n) is 3.28. The molecule has 0 bridgehead atoms. The van der Waals surface area contributed by atoms with E-state index in [1.54, 1.807) is 0 Å². The summed E-state index contributed by atoms with van der Waals surface area (Å²) in [7, 11) is 0. The molecule has 1 N–H and O–H groups in total.